The van der Waals surface area contributed by atoms with Crippen molar-refractivity contribution in [1.82, 2.24) is 5.32 Å². The highest BCUT2D eigenvalue weighted by molar-refractivity contribution is 5.97. The van der Waals surface area contributed by atoms with Gasteiger partial charge in [0.2, 0.25) is 0 Å². The molecule has 26 heavy (non-hydrogen) atoms. The Hall–Kier alpha value is -2.62. The lowest BCUT2D eigenvalue weighted by molar-refractivity contribution is 0.0949. The van der Waals surface area contributed by atoms with Crippen LogP contribution < -0.4 is 10.1 Å². The topological polar surface area (TPSA) is 55.4 Å². The third-order valence-electron chi connectivity index (χ3n) is 4.78. The van der Waals surface area contributed by atoms with Gasteiger partial charge in [0.1, 0.15) is 5.75 Å². The number of amides is 1. The van der Waals surface area contributed by atoms with E-state index in [-0.39, 0.29) is 11.7 Å². The van der Waals surface area contributed by atoms with E-state index in [9.17, 15) is 9.59 Å². The maximum absolute atomic E-state index is 12.2. The van der Waals surface area contributed by atoms with E-state index in [1.807, 2.05) is 24.3 Å². The Balaban J connectivity index is 1.50. The molecule has 136 valence electrons. The lowest BCUT2D eigenvalue weighted by Crippen LogP contribution is -2.23. The van der Waals surface area contributed by atoms with Gasteiger partial charge in [0.25, 0.3) is 5.91 Å². The number of Topliss-reactive ketones (excluding diaryl/α,β-unsaturated/α-hetero) is 1. The summed E-state index contributed by atoms with van der Waals surface area (Å²) in [6.45, 7) is 1.97. The SMILES string of the molecule is CC(=O)c1ccc(C(=O)NCc2ccc(OC3CCCCC3)cc2)cc1. The summed E-state index contributed by atoms with van der Waals surface area (Å²) in [6.07, 6.45) is 6.44. The van der Waals surface area contributed by atoms with Crippen LogP contribution in [-0.2, 0) is 6.54 Å². The van der Waals surface area contributed by atoms with Gasteiger partial charge in [0.05, 0.1) is 6.10 Å². The highest BCUT2D eigenvalue weighted by Crippen LogP contribution is 2.23. The molecule has 0 saturated heterocycles. The fourth-order valence-electron chi connectivity index (χ4n) is 3.20. The molecule has 2 aromatic carbocycles. The number of ketones is 1. The smallest absolute Gasteiger partial charge is 0.251 e. The van der Waals surface area contributed by atoms with Crippen molar-refractivity contribution in [3.8, 4) is 5.75 Å². The summed E-state index contributed by atoms with van der Waals surface area (Å²) in [4.78, 5) is 23.5. The molecule has 1 aliphatic carbocycles. The average Bonchev–Trinajstić information content (AvgIpc) is 2.68. The zero-order valence-corrected chi connectivity index (χ0v) is 15.2. The highest BCUT2D eigenvalue weighted by atomic mass is 16.5. The van der Waals surface area contributed by atoms with Crippen molar-refractivity contribution in [3.05, 3.63) is 65.2 Å². The van der Waals surface area contributed by atoms with Gasteiger partial charge in [-0.05, 0) is 62.4 Å². The van der Waals surface area contributed by atoms with Crippen LogP contribution in [0.15, 0.2) is 48.5 Å². The number of carbonyl (C=O) groups is 2. The predicted molar refractivity (Wildman–Crippen MR) is 102 cm³/mol. The molecule has 1 N–H and O–H groups in total. The Bertz CT molecular complexity index is 744. The van der Waals surface area contributed by atoms with Crippen LogP contribution in [0.25, 0.3) is 0 Å². The first kappa shape index (κ1) is 18.2. The fourth-order valence-corrected chi connectivity index (χ4v) is 3.20. The minimum absolute atomic E-state index is 0.00695. The minimum atomic E-state index is -0.150. The second-order valence-corrected chi connectivity index (χ2v) is 6.84. The normalized spacial score (nSPS) is 14.7. The van der Waals surface area contributed by atoms with Crippen LogP contribution >= 0.6 is 0 Å². The molecular weight excluding hydrogens is 326 g/mol. The van der Waals surface area contributed by atoms with E-state index in [0.717, 1.165) is 24.2 Å². The number of ether oxygens (including phenoxy) is 1. The second-order valence-electron chi connectivity index (χ2n) is 6.84. The maximum Gasteiger partial charge on any atom is 0.251 e. The Labute approximate surface area is 154 Å². The van der Waals surface area contributed by atoms with Crippen molar-refractivity contribution < 1.29 is 14.3 Å². The van der Waals surface area contributed by atoms with Gasteiger partial charge in [-0.3, -0.25) is 9.59 Å². The van der Waals surface area contributed by atoms with Crippen molar-refractivity contribution in [2.75, 3.05) is 0 Å². The van der Waals surface area contributed by atoms with Crippen LogP contribution in [0.2, 0.25) is 0 Å². The standard InChI is InChI=1S/C22H25NO3/c1-16(24)18-9-11-19(12-10-18)22(25)23-15-17-7-13-21(14-8-17)26-20-5-3-2-4-6-20/h7-14,20H,2-6,15H2,1H3,(H,23,25). The molecule has 0 heterocycles. The largest absolute Gasteiger partial charge is 0.490 e. The van der Waals surface area contributed by atoms with Crippen molar-refractivity contribution in [3.63, 3.8) is 0 Å². The maximum atomic E-state index is 12.2. The van der Waals surface area contributed by atoms with Crippen LogP contribution in [0, 0.1) is 0 Å². The summed E-state index contributed by atoms with van der Waals surface area (Å²) < 4.78 is 6.02. The molecule has 0 bridgehead atoms. The van der Waals surface area contributed by atoms with Gasteiger partial charge in [0.15, 0.2) is 5.78 Å². The number of nitrogens with one attached hydrogen (secondary N) is 1. The fraction of sp³-hybridized carbons (Fsp3) is 0.364. The number of benzene rings is 2. The zero-order valence-electron chi connectivity index (χ0n) is 15.2. The Morgan fingerprint density at radius 2 is 1.54 bits per heavy atom. The third kappa shape index (κ3) is 4.94. The molecule has 0 aromatic heterocycles. The summed E-state index contributed by atoms with van der Waals surface area (Å²) in [7, 11) is 0. The molecule has 1 aliphatic rings. The van der Waals surface area contributed by atoms with Crippen LogP contribution in [0.1, 0.15) is 65.3 Å². The summed E-state index contributed by atoms with van der Waals surface area (Å²) in [6, 6.07) is 14.6. The summed E-state index contributed by atoms with van der Waals surface area (Å²) in [5.41, 5.74) is 2.18. The number of carbonyl (C=O) groups excluding carboxylic acids is 2. The van der Waals surface area contributed by atoms with Crippen molar-refractivity contribution in [1.29, 1.82) is 0 Å². The van der Waals surface area contributed by atoms with Crippen molar-refractivity contribution >= 4 is 11.7 Å². The first-order valence-electron chi connectivity index (χ1n) is 9.26. The molecule has 0 atom stereocenters. The molecule has 1 amide bonds. The number of rotatable bonds is 6. The number of hydrogen-bond donors (Lipinski definition) is 1. The van der Waals surface area contributed by atoms with E-state index in [4.69, 9.17) is 4.74 Å². The van der Waals surface area contributed by atoms with E-state index in [2.05, 4.69) is 5.32 Å². The lowest BCUT2D eigenvalue weighted by atomic mass is 9.98. The molecule has 0 radical (unpaired) electrons. The molecule has 2 aromatic rings. The monoisotopic (exact) mass is 351 g/mol. The van der Waals surface area contributed by atoms with Crippen LogP contribution in [-0.4, -0.2) is 17.8 Å². The average molecular weight is 351 g/mol. The summed E-state index contributed by atoms with van der Waals surface area (Å²) in [5.74, 6) is 0.738. The summed E-state index contributed by atoms with van der Waals surface area (Å²) in [5, 5.41) is 2.90. The van der Waals surface area contributed by atoms with E-state index in [1.165, 1.54) is 26.2 Å². The quantitative estimate of drug-likeness (QED) is 0.778. The van der Waals surface area contributed by atoms with Crippen molar-refractivity contribution in [2.24, 2.45) is 0 Å². The molecule has 0 spiro atoms. The van der Waals surface area contributed by atoms with Crippen LogP contribution in [0.4, 0.5) is 0 Å². The molecular formula is C22H25NO3. The van der Waals surface area contributed by atoms with Gasteiger partial charge in [-0.25, -0.2) is 0 Å². The van der Waals surface area contributed by atoms with E-state index in [0.29, 0.717) is 23.8 Å². The molecule has 1 saturated carbocycles. The molecule has 1 fully saturated rings. The van der Waals surface area contributed by atoms with Crippen LogP contribution in [0.3, 0.4) is 0 Å². The molecule has 0 unspecified atom stereocenters. The molecule has 4 nitrogen and oxygen atoms in total. The zero-order chi connectivity index (χ0) is 18.4. The Morgan fingerprint density at radius 1 is 0.923 bits per heavy atom. The van der Waals surface area contributed by atoms with E-state index >= 15 is 0 Å². The van der Waals surface area contributed by atoms with Crippen LogP contribution in [0.5, 0.6) is 5.75 Å². The van der Waals surface area contributed by atoms with E-state index < -0.39 is 0 Å². The summed E-state index contributed by atoms with van der Waals surface area (Å²) >= 11 is 0. The van der Waals surface area contributed by atoms with Gasteiger partial charge in [-0.2, -0.15) is 0 Å². The minimum Gasteiger partial charge on any atom is -0.490 e. The van der Waals surface area contributed by atoms with E-state index in [1.54, 1.807) is 24.3 Å². The second kappa shape index (κ2) is 8.65. The Morgan fingerprint density at radius 3 is 2.15 bits per heavy atom. The lowest BCUT2D eigenvalue weighted by Gasteiger charge is -2.23. The molecule has 4 heteroatoms. The first-order chi connectivity index (χ1) is 12.6. The third-order valence-corrected chi connectivity index (χ3v) is 4.78. The molecule has 0 aliphatic heterocycles. The first-order valence-corrected chi connectivity index (χ1v) is 9.26. The van der Waals surface area contributed by atoms with Gasteiger partial charge >= 0.3 is 0 Å². The van der Waals surface area contributed by atoms with Gasteiger partial charge in [-0.1, -0.05) is 30.7 Å². The van der Waals surface area contributed by atoms with Gasteiger partial charge < -0.3 is 10.1 Å². The van der Waals surface area contributed by atoms with Gasteiger partial charge in [-0.15, -0.1) is 0 Å². The van der Waals surface area contributed by atoms with Crippen molar-refractivity contribution in [2.45, 2.75) is 51.7 Å². The highest BCUT2D eigenvalue weighted by Gasteiger charge is 2.14. The van der Waals surface area contributed by atoms with Gasteiger partial charge in [0, 0.05) is 17.7 Å². The number of hydrogen-bond acceptors (Lipinski definition) is 3. The molecule has 3 rings (SSSR count). The predicted octanol–water partition coefficient (Wildman–Crippen LogP) is 4.53. The Kier molecular flexibility index (Phi) is 6.05.